The molecule has 0 saturated heterocycles. The van der Waals surface area contributed by atoms with E-state index >= 15 is 0 Å². The maximum absolute atomic E-state index is 11.5. The first-order valence-electron chi connectivity index (χ1n) is 18.2. The molecule has 4 fully saturated rings. The zero-order chi connectivity index (χ0) is 32.7. The summed E-state index contributed by atoms with van der Waals surface area (Å²) in [4.78, 5) is 11.5. The molecule has 0 radical (unpaired) electrons. The van der Waals surface area contributed by atoms with Gasteiger partial charge in [0.25, 0.3) is 0 Å². The van der Waals surface area contributed by atoms with Crippen LogP contribution in [0.25, 0.3) is 5.57 Å². The molecule has 0 amide bonds. The Morgan fingerprint density at radius 1 is 0.935 bits per heavy atom. The predicted octanol–water partition coefficient (Wildman–Crippen LogP) is 10.4. The molecule has 2 aromatic rings. The largest absolute Gasteiger partial charge is 0.478 e. The number of carbonyl (C=O) groups is 1. The summed E-state index contributed by atoms with van der Waals surface area (Å²) in [5, 5.41) is 13.4. The van der Waals surface area contributed by atoms with Crippen molar-refractivity contribution in [3.05, 3.63) is 77.8 Å². The van der Waals surface area contributed by atoms with Gasteiger partial charge in [-0.15, -0.1) is 0 Å². The molecule has 9 unspecified atom stereocenters. The lowest BCUT2D eigenvalue weighted by atomic mass is 9.32. The van der Waals surface area contributed by atoms with Gasteiger partial charge in [0.2, 0.25) is 0 Å². The van der Waals surface area contributed by atoms with E-state index in [1.165, 1.54) is 73.6 Å². The van der Waals surface area contributed by atoms with Gasteiger partial charge in [0, 0.05) is 18.7 Å². The normalized spacial score (nSPS) is 41.0. The van der Waals surface area contributed by atoms with Gasteiger partial charge in [-0.05, 0) is 151 Å². The second-order valence-corrected chi connectivity index (χ2v) is 17.7. The first kappa shape index (κ1) is 32.0. The molecule has 7 rings (SSSR count). The molecule has 2 N–H and O–H groups in total. The number of hydrogen-bond acceptors (Lipinski definition) is 3. The second-order valence-electron chi connectivity index (χ2n) is 17.7. The molecule has 4 saturated carbocycles. The third kappa shape index (κ3) is 4.51. The van der Waals surface area contributed by atoms with Crippen molar-refractivity contribution in [1.82, 2.24) is 5.32 Å². The number of rotatable bonds is 7. The molecule has 0 aliphatic heterocycles. The van der Waals surface area contributed by atoms with Crippen LogP contribution in [-0.4, -0.2) is 17.6 Å². The number of aromatic carboxylic acids is 1. The highest BCUT2D eigenvalue weighted by Gasteiger charge is 2.70. The smallest absolute Gasteiger partial charge is 0.335 e. The second kappa shape index (κ2) is 11.0. The van der Waals surface area contributed by atoms with E-state index in [1.807, 2.05) is 18.4 Å². The maximum atomic E-state index is 11.5. The number of allylic oxidation sites excluding steroid dienone is 3. The fourth-order valence-electron chi connectivity index (χ4n) is 13.3. The molecule has 46 heavy (non-hydrogen) atoms. The minimum atomic E-state index is -0.857. The summed E-state index contributed by atoms with van der Waals surface area (Å²) in [6.07, 6.45) is 17.9. The molecule has 4 nitrogen and oxygen atoms in total. The Hall–Kier alpha value is -2.59. The number of hydrogen-bond donors (Lipinski definition) is 2. The van der Waals surface area contributed by atoms with Gasteiger partial charge in [0.15, 0.2) is 0 Å². The van der Waals surface area contributed by atoms with Crippen molar-refractivity contribution in [2.24, 2.45) is 56.7 Å². The van der Waals surface area contributed by atoms with E-state index in [0.717, 1.165) is 25.4 Å². The molecule has 0 bridgehead atoms. The Morgan fingerprint density at radius 2 is 1.70 bits per heavy atom. The highest BCUT2D eigenvalue weighted by atomic mass is 16.4. The van der Waals surface area contributed by atoms with Crippen LogP contribution < -0.4 is 5.32 Å². The summed E-state index contributed by atoms with van der Waals surface area (Å²) in [5.74, 6) is 2.57. The van der Waals surface area contributed by atoms with Crippen molar-refractivity contribution in [1.29, 1.82) is 0 Å². The van der Waals surface area contributed by atoms with E-state index in [-0.39, 0.29) is 10.8 Å². The van der Waals surface area contributed by atoms with E-state index in [1.54, 1.807) is 18.4 Å². The average Bonchev–Trinajstić information content (AvgIpc) is 3.66. The van der Waals surface area contributed by atoms with Crippen LogP contribution in [0, 0.1) is 56.7 Å². The third-order valence-corrected chi connectivity index (χ3v) is 15.6. The lowest BCUT2D eigenvalue weighted by Crippen LogP contribution is -2.65. The first-order chi connectivity index (χ1) is 21.8. The fourth-order valence-corrected chi connectivity index (χ4v) is 13.3. The average molecular weight is 624 g/mol. The lowest BCUT2D eigenvalue weighted by Gasteiger charge is -2.72. The van der Waals surface area contributed by atoms with Crippen LogP contribution in [0.15, 0.2) is 65.5 Å². The standard InChI is InChI=1S/C42H57NO3/c1-27(2)31-14-20-42(26-43-24-28-17-23-46-25-28)22-21-40(6)33(36(31)42)12-13-35-39(5)18-15-32(29-8-10-30(11-9-29)37(44)45)38(3,4)34(39)16-19-41(35,40)7/h8-11,15,17,23,25,31,33-36,43H,1,12-14,16,18-22,24,26H2,2-7H3,(H,44,45). The van der Waals surface area contributed by atoms with Crippen molar-refractivity contribution in [2.75, 3.05) is 6.54 Å². The highest BCUT2D eigenvalue weighted by Crippen LogP contribution is 2.77. The fraction of sp³-hybridized carbons (Fsp3) is 0.643. The van der Waals surface area contributed by atoms with Crippen LogP contribution >= 0.6 is 0 Å². The molecule has 1 heterocycles. The van der Waals surface area contributed by atoms with Crippen LogP contribution in [0.4, 0.5) is 0 Å². The van der Waals surface area contributed by atoms with Gasteiger partial charge in [0.05, 0.1) is 18.1 Å². The number of nitrogens with one attached hydrogen (secondary N) is 1. The molecular formula is C42H57NO3. The van der Waals surface area contributed by atoms with Gasteiger partial charge in [-0.2, -0.15) is 0 Å². The van der Waals surface area contributed by atoms with Gasteiger partial charge in [-0.1, -0.05) is 65.0 Å². The minimum Gasteiger partial charge on any atom is -0.478 e. The number of furan rings is 1. The highest BCUT2D eigenvalue weighted by molar-refractivity contribution is 5.88. The molecular weight excluding hydrogens is 566 g/mol. The number of benzene rings is 1. The molecule has 4 heteroatoms. The van der Waals surface area contributed by atoms with E-state index < -0.39 is 5.97 Å². The number of fused-ring (bicyclic) bond motifs is 7. The first-order valence-corrected chi connectivity index (χ1v) is 18.2. The Balaban J connectivity index is 1.19. The van der Waals surface area contributed by atoms with Crippen LogP contribution in [0.2, 0.25) is 0 Å². The monoisotopic (exact) mass is 623 g/mol. The van der Waals surface area contributed by atoms with Crippen LogP contribution in [0.5, 0.6) is 0 Å². The van der Waals surface area contributed by atoms with Crippen molar-refractivity contribution >= 4 is 11.5 Å². The zero-order valence-corrected chi connectivity index (χ0v) is 29.3. The molecule has 5 aliphatic carbocycles. The van der Waals surface area contributed by atoms with Gasteiger partial charge in [-0.25, -0.2) is 4.79 Å². The van der Waals surface area contributed by atoms with Crippen molar-refractivity contribution < 1.29 is 14.3 Å². The van der Waals surface area contributed by atoms with Crippen molar-refractivity contribution in [3.63, 3.8) is 0 Å². The van der Waals surface area contributed by atoms with Crippen LogP contribution in [-0.2, 0) is 6.54 Å². The predicted molar refractivity (Wildman–Crippen MR) is 186 cm³/mol. The third-order valence-electron chi connectivity index (χ3n) is 15.6. The topological polar surface area (TPSA) is 62.5 Å². The quantitative estimate of drug-likeness (QED) is 0.301. The minimum absolute atomic E-state index is 0.0374. The van der Waals surface area contributed by atoms with Gasteiger partial charge in [0.1, 0.15) is 0 Å². The summed E-state index contributed by atoms with van der Waals surface area (Å²) >= 11 is 0. The van der Waals surface area contributed by atoms with E-state index in [9.17, 15) is 9.90 Å². The summed E-state index contributed by atoms with van der Waals surface area (Å²) in [5.41, 5.74) is 6.95. The lowest BCUT2D eigenvalue weighted by molar-refractivity contribution is -0.225. The summed E-state index contributed by atoms with van der Waals surface area (Å²) < 4.78 is 5.36. The van der Waals surface area contributed by atoms with E-state index in [4.69, 9.17) is 4.42 Å². The Morgan fingerprint density at radius 3 is 2.37 bits per heavy atom. The Bertz CT molecular complexity index is 1520. The summed E-state index contributed by atoms with van der Waals surface area (Å²) in [7, 11) is 0. The summed E-state index contributed by atoms with van der Waals surface area (Å²) in [6.45, 7) is 22.0. The molecule has 5 aliphatic rings. The molecule has 0 spiro atoms. The number of carboxylic acid groups (broad SMARTS) is 1. The van der Waals surface area contributed by atoms with Gasteiger partial charge in [-0.3, -0.25) is 0 Å². The zero-order valence-electron chi connectivity index (χ0n) is 29.3. The van der Waals surface area contributed by atoms with Gasteiger partial charge < -0.3 is 14.8 Å². The Labute approximate surface area is 277 Å². The Kier molecular flexibility index (Phi) is 7.63. The van der Waals surface area contributed by atoms with Crippen LogP contribution in [0.1, 0.15) is 121 Å². The number of carboxylic acids is 1. The van der Waals surface area contributed by atoms with Gasteiger partial charge >= 0.3 is 5.97 Å². The molecule has 9 atom stereocenters. The SMILES string of the molecule is C=C(C)C1CCC2(CNCc3ccoc3)CCC3(C)C(CCC4C5(C)CC=C(c6ccc(C(=O)O)cc6)C(C)(C)C5CCC43C)C12. The molecule has 1 aromatic heterocycles. The van der Waals surface area contributed by atoms with E-state index in [0.29, 0.717) is 45.5 Å². The van der Waals surface area contributed by atoms with Crippen molar-refractivity contribution in [2.45, 2.75) is 106 Å². The van der Waals surface area contributed by atoms with Crippen LogP contribution in [0.3, 0.4) is 0 Å². The maximum Gasteiger partial charge on any atom is 0.335 e. The van der Waals surface area contributed by atoms with E-state index in [2.05, 4.69) is 65.6 Å². The molecule has 248 valence electrons. The summed E-state index contributed by atoms with van der Waals surface area (Å²) in [6, 6.07) is 9.72. The van der Waals surface area contributed by atoms with Crippen molar-refractivity contribution in [3.8, 4) is 0 Å². The molecule has 1 aromatic carbocycles.